The van der Waals surface area contributed by atoms with Gasteiger partial charge in [-0.15, -0.1) is 4.68 Å². The summed E-state index contributed by atoms with van der Waals surface area (Å²) in [5.41, 5.74) is 7.75. The highest BCUT2D eigenvalue weighted by Gasteiger charge is 2.17. The summed E-state index contributed by atoms with van der Waals surface area (Å²) in [6.07, 6.45) is 0. The molecule has 3 aromatic rings. The number of nitrogens with zero attached hydrogens (tertiary/aromatic N) is 1. The fourth-order valence-corrected chi connectivity index (χ4v) is 4.08. The quantitative estimate of drug-likeness (QED) is 0.225. The van der Waals surface area contributed by atoms with Crippen molar-refractivity contribution < 1.29 is 13.7 Å². The van der Waals surface area contributed by atoms with Crippen molar-refractivity contribution in [3.63, 3.8) is 0 Å². The first-order chi connectivity index (χ1) is 14.3. The van der Waals surface area contributed by atoms with Crippen LogP contribution in [0.3, 0.4) is 0 Å². The Bertz CT molecular complexity index is 1010. The predicted molar refractivity (Wildman–Crippen MR) is 124 cm³/mol. The SMILES string of the molecule is Cc1[nH][n+](C)c(C)c1NOSc1c(Cl)cc(-c2cccc(OCC(C)C)c2)cc1Cl. The van der Waals surface area contributed by atoms with Gasteiger partial charge in [-0.25, -0.2) is 5.48 Å². The number of rotatable bonds is 8. The van der Waals surface area contributed by atoms with E-state index in [0.717, 1.165) is 46.0 Å². The highest BCUT2D eigenvalue weighted by atomic mass is 35.5. The van der Waals surface area contributed by atoms with Gasteiger partial charge in [-0.1, -0.05) is 49.2 Å². The highest BCUT2D eigenvalue weighted by Crippen LogP contribution is 2.39. The molecule has 0 aliphatic heterocycles. The van der Waals surface area contributed by atoms with E-state index in [-0.39, 0.29) is 0 Å². The molecule has 0 bridgehead atoms. The Morgan fingerprint density at radius 3 is 2.40 bits per heavy atom. The smallest absolute Gasteiger partial charge is 0.229 e. The first kappa shape index (κ1) is 22.8. The van der Waals surface area contributed by atoms with Crippen LogP contribution in [0, 0.1) is 19.8 Å². The molecule has 0 saturated heterocycles. The first-order valence-electron chi connectivity index (χ1n) is 9.63. The molecule has 2 aromatic carbocycles. The van der Waals surface area contributed by atoms with Gasteiger partial charge in [-0.2, -0.15) is 9.38 Å². The lowest BCUT2D eigenvalue weighted by Crippen LogP contribution is -2.32. The summed E-state index contributed by atoms with van der Waals surface area (Å²) in [6, 6.07) is 11.7. The second-order valence-electron chi connectivity index (χ2n) is 7.53. The van der Waals surface area contributed by atoms with Gasteiger partial charge in [0.25, 0.3) is 0 Å². The van der Waals surface area contributed by atoms with Gasteiger partial charge in [-0.05, 0) is 48.2 Å². The molecule has 30 heavy (non-hydrogen) atoms. The summed E-state index contributed by atoms with van der Waals surface area (Å²) >= 11 is 14.1. The Kier molecular flexibility index (Phi) is 7.58. The molecule has 0 atom stereocenters. The largest absolute Gasteiger partial charge is 0.493 e. The van der Waals surface area contributed by atoms with E-state index in [0.29, 0.717) is 27.5 Å². The maximum Gasteiger partial charge on any atom is 0.229 e. The normalized spacial score (nSPS) is 11.2. The van der Waals surface area contributed by atoms with E-state index in [2.05, 4.69) is 24.4 Å². The molecule has 0 saturated carbocycles. The molecule has 0 aliphatic rings. The van der Waals surface area contributed by atoms with Crippen molar-refractivity contribution in [2.75, 3.05) is 12.1 Å². The van der Waals surface area contributed by atoms with Crippen LogP contribution in [0.2, 0.25) is 10.0 Å². The molecule has 1 heterocycles. The maximum atomic E-state index is 6.52. The average Bonchev–Trinajstić information content (AvgIpc) is 2.94. The van der Waals surface area contributed by atoms with E-state index in [1.807, 2.05) is 62.0 Å². The third-order valence-electron chi connectivity index (χ3n) is 4.59. The number of hydrogen-bond acceptors (Lipinski definition) is 4. The van der Waals surface area contributed by atoms with Crippen LogP contribution in [-0.4, -0.2) is 11.7 Å². The zero-order valence-electron chi connectivity index (χ0n) is 17.7. The standard InChI is InChI=1S/C22H25Cl2N3O2S/c1-13(2)12-28-18-8-6-7-16(9-18)17-10-19(23)22(20(24)11-17)30-29-26-21-14(3)25-27(5)15(21)4/h6-11,13,26H,12H2,1-5H3/p+1. The summed E-state index contributed by atoms with van der Waals surface area (Å²) in [4.78, 5) is 0.650. The van der Waals surface area contributed by atoms with Crippen LogP contribution in [0.15, 0.2) is 41.3 Å². The summed E-state index contributed by atoms with van der Waals surface area (Å²) in [5.74, 6) is 1.29. The van der Waals surface area contributed by atoms with Crippen LogP contribution in [-0.2, 0) is 11.3 Å². The Balaban J connectivity index is 1.73. The molecule has 0 fully saturated rings. The Hall–Kier alpha value is -1.86. The zero-order chi connectivity index (χ0) is 21.8. The van der Waals surface area contributed by atoms with Gasteiger partial charge >= 0.3 is 0 Å². The van der Waals surface area contributed by atoms with Crippen LogP contribution < -0.4 is 14.9 Å². The number of anilines is 1. The van der Waals surface area contributed by atoms with Gasteiger partial charge in [0.2, 0.25) is 5.69 Å². The van der Waals surface area contributed by atoms with E-state index in [1.165, 1.54) is 0 Å². The van der Waals surface area contributed by atoms with Gasteiger partial charge in [0.05, 0.1) is 33.6 Å². The minimum atomic E-state index is 0.462. The van der Waals surface area contributed by atoms with Crippen LogP contribution in [0.5, 0.6) is 5.75 Å². The van der Waals surface area contributed by atoms with Crippen LogP contribution in [0.4, 0.5) is 5.69 Å². The number of halogens is 2. The minimum Gasteiger partial charge on any atom is -0.493 e. The molecule has 5 nitrogen and oxygen atoms in total. The first-order valence-corrected chi connectivity index (χ1v) is 11.1. The van der Waals surface area contributed by atoms with Gasteiger partial charge in [0, 0.05) is 6.92 Å². The summed E-state index contributed by atoms with van der Waals surface area (Å²) in [7, 11) is 1.94. The number of aromatic nitrogens is 2. The molecule has 8 heteroatoms. The Morgan fingerprint density at radius 1 is 1.10 bits per heavy atom. The number of ether oxygens (including phenoxy) is 1. The molecular weight excluding hydrogens is 441 g/mol. The Morgan fingerprint density at radius 2 is 1.80 bits per heavy atom. The fourth-order valence-electron chi connectivity index (χ4n) is 2.92. The molecule has 0 spiro atoms. The van der Waals surface area contributed by atoms with E-state index in [1.54, 1.807) is 0 Å². The number of aryl methyl sites for hydroxylation is 2. The lowest BCUT2D eigenvalue weighted by atomic mass is 10.1. The van der Waals surface area contributed by atoms with Gasteiger partial charge in [-0.3, -0.25) is 0 Å². The molecule has 3 rings (SSSR count). The van der Waals surface area contributed by atoms with Crippen molar-refractivity contribution in [2.45, 2.75) is 32.6 Å². The van der Waals surface area contributed by atoms with Crippen molar-refractivity contribution in [2.24, 2.45) is 13.0 Å². The molecule has 0 radical (unpaired) electrons. The molecule has 0 aliphatic carbocycles. The van der Waals surface area contributed by atoms with Crippen molar-refractivity contribution >= 4 is 40.9 Å². The van der Waals surface area contributed by atoms with E-state index in [9.17, 15) is 0 Å². The van der Waals surface area contributed by atoms with Crippen LogP contribution >= 0.6 is 35.2 Å². The second kappa shape index (κ2) is 9.96. The van der Waals surface area contributed by atoms with Gasteiger partial charge < -0.3 is 4.74 Å². The molecule has 0 unspecified atom stereocenters. The summed E-state index contributed by atoms with van der Waals surface area (Å²) in [5, 5.41) is 4.23. The molecular formula is C22H26Cl2N3O2S+. The number of aromatic amines is 1. The number of benzene rings is 2. The van der Waals surface area contributed by atoms with E-state index < -0.39 is 0 Å². The lowest BCUT2D eigenvalue weighted by molar-refractivity contribution is -0.732. The minimum absolute atomic E-state index is 0.462. The zero-order valence-corrected chi connectivity index (χ0v) is 20.0. The number of H-pyrrole nitrogens is 1. The molecule has 2 N–H and O–H groups in total. The van der Waals surface area contributed by atoms with E-state index >= 15 is 0 Å². The Labute approximate surface area is 191 Å². The summed E-state index contributed by atoms with van der Waals surface area (Å²) < 4.78 is 13.3. The van der Waals surface area contributed by atoms with Crippen molar-refractivity contribution in [1.29, 1.82) is 0 Å². The van der Waals surface area contributed by atoms with Gasteiger partial charge in [0.1, 0.15) is 11.4 Å². The molecule has 160 valence electrons. The number of hydrogen-bond donors (Lipinski definition) is 2. The predicted octanol–water partition coefficient (Wildman–Crippen LogP) is 6.52. The highest BCUT2D eigenvalue weighted by molar-refractivity contribution is 7.95. The van der Waals surface area contributed by atoms with Crippen molar-refractivity contribution in [3.05, 3.63) is 57.8 Å². The molecule has 0 amide bonds. The maximum absolute atomic E-state index is 6.52. The lowest BCUT2D eigenvalue weighted by Gasteiger charge is -2.12. The fraction of sp³-hybridized carbons (Fsp3) is 0.318. The van der Waals surface area contributed by atoms with Gasteiger partial charge in [0.15, 0.2) is 12.7 Å². The number of nitrogens with one attached hydrogen (secondary N) is 2. The van der Waals surface area contributed by atoms with Crippen molar-refractivity contribution in [3.8, 4) is 16.9 Å². The van der Waals surface area contributed by atoms with E-state index in [4.69, 9.17) is 32.2 Å². The van der Waals surface area contributed by atoms with Crippen LogP contribution in [0.25, 0.3) is 11.1 Å². The van der Waals surface area contributed by atoms with Crippen molar-refractivity contribution in [1.82, 2.24) is 5.10 Å². The topological polar surface area (TPSA) is 50.2 Å². The summed E-state index contributed by atoms with van der Waals surface area (Å²) in [6.45, 7) is 8.87. The third-order valence-corrected chi connectivity index (χ3v) is 6.19. The molecule has 1 aromatic heterocycles. The average molecular weight is 467 g/mol. The monoisotopic (exact) mass is 466 g/mol. The third kappa shape index (κ3) is 5.43. The second-order valence-corrected chi connectivity index (χ2v) is 9.08. The van der Waals surface area contributed by atoms with Crippen LogP contribution in [0.1, 0.15) is 25.2 Å².